The minimum Gasteiger partial charge on any atom is -0.364 e. The lowest BCUT2D eigenvalue weighted by Gasteiger charge is -2.23. The number of nitrogens with one attached hydrogen (secondary N) is 1. The van der Waals surface area contributed by atoms with Gasteiger partial charge in [0.1, 0.15) is 0 Å². The van der Waals surface area contributed by atoms with Crippen LogP contribution in [0, 0.1) is 13.8 Å². The summed E-state index contributed by atoms with van der Waals surface area (Å²) in [7, 11) is 1.87. The number of carbonyl (C=O) groups is 1. The maximum atomic E-state index is 12.3. The van der Waals surface area contributed by atoms with Gasteiger partial charge in [0.25, 0.3) is 5.91 Å². The van der Waals surface area contributed by atoms with E-state index in [0.717, 1.165) is 43.0 Å². The van der Waals surface area contributed by atoms with Crippen molar-refractivity contribution in [3.05, 3.63) is 23.0 Å². The summed E-state index contributed by atoms with van der Waals surface area (Å²) < 4.78 is 0. The maximum Gasteiger partial charge on any atom is 0.255 e. The molecule has 0 fully saturated rings. The lowest BCUT2D eigenvalue weighted by atomic mass is 10.1. The molecule has 0 unspecified atom stereocenters. The zero-order valence-corrected chi connectivity index (χ0v) is 12.2. The van der Waals surface area contributed by atoms with Crippen LogP contribution in [0.25, 0.3) is 0 Å². The van der Waals surface area contributed by atoms with E-state index in [-0.39, 0.29) is 5.91 Å². The van der Waals surface area contributed by atoms with Crippen molar-refractivity contribution in [2.24, 2.45) is 0 Å². The number of aromatic amines is 1. The molecule has 4 heteroatoms. The molecule has 0 aliphatic carbocycles. The van der Waals surface area contributed by atoms with Gasteiger partial charge in [-0.2, -0.15) is 0 Å². The number of aryl methyl sites for hydroxylation is 2. The van der Waals surface area contributed by atoms with Gasteiger partial charge in [0, 0.05) is 32.0 Å². The standard InChI is InChI=1S/C14H25N3O/c1-6-17(7-2)9-8-16(5)14(18)13-11(3)10-15-12(13)4/h10,15H,6-9H2,1-5H3. The van der Waals surface area contributed by atoms with Crippen molar-refractivity contribution in [3.8, 4) is 0 Å². The van der Waals surface area contributed by atoms with Crippen LogP contribution >= 0.6 is 0 Å². The molecule has 0 spiro atoms. The second-order valence-electron chi connectivity index (χ2n) is 4.73. The summed E-state index contributed by atoms with van der Waals surface area (Å²) in [5.41, 5.74) is 2.79. The van der Waals surface area contributed by atoms with Crippen LogP contribution in [0.1, 0.15) is 35.5 Å². The van der Waals surface area contributed by atoms with E-state index in [1.807, 2.05) is 32.0 Å². The Kier molecular flexibility index (Phi) is 5.41. The lowest BCUT2D eigenvalue weighted by molar-refractivity contribution is 0.0778. The Morgan fingerprint density at radius 2 is 1.83 bits per heavy atom. The molecule has 0 aromatic carbocycles. The molecule has 0 atom stereocenters. The average Bonchev–Trinajstić information content (AvgIpc) is 2.69. The van der Waals surface area contributed by atoms with Crippen LogP contribution in [0.5, 0.6) is 0 Å². The van der Waals surface area contributed by atoms with E-state index in [4.69, 9.17) is 0 Å². The highest BCUT2D eigenvalue weighted by molar-refractivity contribution is 5.96. The van der Waals surface area contributed by atoms with Crippen molar-refractivity contribution in [2.45, 2.75) is 27.7 Å². The normalized spacial score (nSPS) is 11.0. The van der Waals surface area contributed by atoms with Crippen molar-refractivity contribution in [2.75, 3.05) is 33.2 Å². The molecule has 1 aromatic heterocycles. The summed E-state index contributed by atoms with van der Waals surface area (Å²) in [4.78, 5) is 19.6. The van der Waals surface area contributed by atoms with E-state index in [2.05, 4.69) is 23.7 Å². The number of hydrogen-bond acceptors (Lipinski definition) is 2. The van der Waals surface area contributed by atoms with E-state index in [1.54, 1.807) is 0 Å². The van der Waals surface area contributed by atoms with Crippen molar-refractivity contribution in [1.29, 1.82) is 0 Å². The number of nitrogens with zero attached hydrogens (tertiary/aromatic N) is 2. The van der Waals surface area contributed by atoms with E-state index in [9.17, 15) is 4.79 Å². The molecule has 0 saturated carbocycles. The van der Waals surface area contributed by atoms with Gasteiger partial charge >= 0.3 is 0 Å². The van der Waals surface area contributed by atoms with Crippen LogP contribution in [-0.4, -0.2) is 53.9 Å². The van der Waals surface area contributed by atoms with E-state index in [1.165, 1.54) is 0 Å². The summed E-state index contributed by atoms with van der Waals surface area (Å²) in [6.45, 7) is 12.0. The molecule has 1 rings (SSSR count). The zero-order chi connectivity index (χ0) is 13.7. The van der Waals surface area contributed by atoms with Gasteiger partial charge in [-0.15, -0.1) is 0 Å². The first-order chi connectivity index (χ1) is 8.51. The second-order valence-corrected chi connectivity index (χ2v) is 4.73. The number of amides is 1. The third-order valence-corrected chi connectivity index (χ3v) is 3.48. The zero-order valence-electron chi connectivity index (χ0n) is 12.2. The van der Waals surface area contributed by atoms with Crippen LogP contribution in [0.15, 0.2) is 6.20 Å². The number of likely N-dealkylation sites (N-methyl/N-ethyl adjacent to an activating group) is 2. The second kappa shape index (κ2) is 6.59. The highest BCUT2D eigenvalue weighted by Gasteiger charge is 2.17. The van der Waals surface area contributed by atoms with E-state index >= 15 is 0 Å². The highest BCUT2D eigenvalue weighted by atomic mass is 16.2. The topological polar surface area (TPSA) is 39.3 Å². The monoisotopic (exact) mass is 251 g/mol. The minimum atomic E-state index is 0.110. The first-order valence-electron chi connectivity index (χ1n) is 6.63. The van der Waals surface area contributed by atoms with Crippen LogP contribution in [0.2, 0.25) is 0 Å². The molecule has 102 valence electrons. The maximum absolute atomic E-state index is 12.3. The van der Waals surface area contributed by atoms with Crippen LogP contribution in [0.4, 0.5) is 0 Å². The predicted molar refractivity (Wildman–Crippen MR) is 75.0 cm³/mol. The van der Waals surface area contributed by atoms with Gasteiger partial charge in [0.2, 0.25) is 0 Å². The first kappa shape index (κ1) is 14.8. The van der Waals surface area contributed by atoms with Gasteiger partial charge in [0.15, 0.2) is 0 Å². The van der Waals surface area contributed by atoms with E-state index < -0.39 is 0 Å². The summed E-state index contributed by atoms with van der Waals surface area (Å²) in [6, 6.07) is 0. The Morgan fingerprint density at radius 1 is 1.22 bits per heavy atom. The van der Waals surface area contributed by atoms with Gasteiger partial charge in [-0.1, -0.05) is 13.8 Å². The lowest BCUT2D eigenvalue weighted by Crippen LogP contribution is -2.36. The fraction of sp³-hybridized carbons (Fsp3) is 0.643. The summed E-state index contributed by atoms with van der Waals surface area (Å²) in [5, 5.41) is 0. The van der Waals surface area contributed by atoms with Crippen LogP contribution in [-0.2, 0) is 0 Å². The Bertz CT molecular complexity index is 374. The Hall–Kier alpha value is -1.29. The molecule has 4 nitrogen and oxygen atoms in total. The third kappa shape index (κ3) is 3.35. The van der Waals surface area contributed by atoms with Gasteiger partial charge in [-0.05, 0) is 32.5 Å². The fourth-order valence-electron chi connectivity index (χ4n) is 2.11. The van der Waals surface area contributed by atoms with Crippen molar-refractivity contribution >= 4 is 5.91 Å². The summed E-state index contributed by atoms with van der Waals surface area (Å²) in [5.74, 6) is 0.110. The Balaban J connectivity index is 2.62. The smallest absolute Gasteiger partial charge is 0.255 e. The van der Waals surface area contributed by atoms with Crippen molar-refractivity contribution < 1.29 is 4.79 Å². The van der Waals surface area contributed by atoms with Gasteiger partial charge in [0.05, 0.1) is 5.56 Å². The van der Waals surface area contributed by atoms with Crippen LogP contribution < -0.4 is 0 Å². The molecule has 1 aromatic rings. The molecule has 1 heterocycles. The van der Waals surface area contributed by atoms with Crippen molar-refractivity contribution in [3.63, 3.8) is 0 Å². The Morgan fingerprint density at radius 3 is 2.28 bits per heavy atom. The molecule has 0 aliphatic heterocycles. The highest BCUT2D eigenvalue weighted by Crippen LogP contribution is 2.14. The number of aromatic nitrogens is 1. The molecule has 0 radical (unpaired) electrons. The molecule has 0 bridgehead atoms. The van der Waals surface area contributed by atoms with Gasteiger partial charge in [-0.3, -0.25) is 4.79 Å². The number of H-pyrrole nitrogens is 1. The molecule has 1 amide bonds. The average molecular weight is 251 g/mol. The van der Waals surface area contributed by atoms with Gasteiger partial charge < -0.3 is 14.8 Å². The fourth-order valence-corrected chi connectivity index (χ4v) is 2.11. The number of rotatable bonds is 6. The Labute approximate surface area is 110 Å². The SMILES string of the molecule is CCN(CC)CCN(C)C(=O)c1c(C)c[nH]c1C. The largest absolute Gasteiger partial charge is 0.364 e. The minimum absolute atomic E-state index is 0.110. The van der Waals surface area contributed by atoms with Gasteiger partial charge in [-0.25, -0.2) is 0 Å². The molecular formula is C14H25N3O. The number of hydrogen-bond donors (Lipinski definition) is 1. The van der Waals surface area contributed by atoms with E-state index in [0.29, 0.717) is 0 Å². The molecule has 18 heavy (non-hydrogen) atoms. The molecular weight excluding hydrogens is 226 g/mol. The summed E-state index contributed by atoms with van der Waals surface area (Å²) >= 11 is 0. The first-order valence-corrected chi connectivity index (χ1v) is 6.63. The molecule has 0 saturated heterocycles. The molecule has 1 N–H and O–H groups in total. The number of carbonyl (C=O) groups excluding carboxylic acids is 1. The third-order valence-electron chi connectivity index (χ3n) is 3.48. The predicted octanol–water partition coefficient (Wildman–Crippen LogP) is 2.05. The summed E-state index contributed by atoms with van der Waals surface area (Å²) in [6.07, 6.45) is 1.89. The van der Waals surface area contributed by atoms with Crippen LogP contribution in [0.3, 0.4) is 0 Å². The molecule has 0 aliphatic rings. The quantitative estimate of drug-likeness (QED) is 0.840. The van der Waals surface area contributed by atoms with Crippen molar-refractivity contribution in [1.82, 2.24) is 14.8 Å².